The van der Waals surface area contributed by atoms with Crippen molar-refractivity contribution >= 4 is 29.1 Å². The van der Waals surface area contributed by atoms with Crippen LogP contribution in [0.3, 0.4) is 0 Å². The van der Waals surface area contributed by atoms with Crippen molar-refractivity contribution in [1.82, 2.24) is 0 Å². The molecule has 132 valence electrons. The number of nitrogens with one attached hydrogen (secondary N) is 1. The van der Waals surface area contributed by atoms with Crippen LogP contribution < -0.4 is 10.2 Å². The number of para-hydroxylation sites is 1. The lowest BCUT2D eigenvalue weighted by atomic mass is 9.80. The molecule has 1 N–H and O–H groups in total. The Labute approximate surface area is 156 Å². The number of benzene rings is 2. The second kappa shape index (κ2) is 7.53. The molecule has 1 atom stereocenters. The van der Waals surface area contributed by atoms with Crippen molar-refractivity contribution in [3.05, 3.63) is 65.7 Å². The molecule has 0 spiro atoms. The lowest BCUT2D eigenvalue weighted by Gasteiger charge is -2.25. The zero-order chi connectivity index (χ0) is 17.9. The normalized spacial score (nSPS) is 18.2. The third-order valence-corrected chi connectivity index (χ3v) is 5.35. The SMILES string of the molecule is CCN(CCCl)c1ccc(C=CC2Nc3ccccc3C2(C)C)cc1. The highest BCUT2D eigenvalue weighted by molar-refractivity contribution is 6.18. The lowest BCUT2D eigenvalue weighted by Crippen LogP contribution is -2.31. The Morgan fingerprint density at radius 1 is 1.12 bits per heavy atom. The largest absolute Gasteiger partial charge is 0.378 e. The predicted molar refractivity (Wildman–Crippen MR) is 111 cm³/mol. The molecule has 0 aromatic heterocycles. The fraction of sp³-hybridized carbons (Fsp3) is 0.364. The molecule has 0 bridgehead atoms. The fourth-order valence-electron chi connectivity index (χ4n) is 3.55. The Morgan fingerprint density at radius 2 is 1.84 bits per heavy atom. The molecule has 1 aliphatic rings. The van der Waals surface area contributed by atoms with Crippen LogP contribution in [0.1, 0.15) is 31.9 Å². The van der Waals surface area contributed by atoms with Crippen molar-refractivity contribution in [2.45, 2.75) is 32.2 Å². The summed E-state index contributed by atoms with van der Waals surface area (Å²) < 4.78 is 0. The summed E-state index contributed by atoms with van der Waals surface area (Å²) in [6.07, 6.45) is 4.50. The van der Waals surface area contributed by atoms with Crippen LogP contribution in [0.4, 0.5) is 11.4 Å². The molecule has 0 fully saturated rings. The first kappa shape index (κ1) is 17.9. The van der Waals surface area contributed by atoms with Gasteiger partial charge in [0.05, 0.1) is 6.04 Å². The molecule has 0 saturated carbocycles. The first-order valence-electron chi connectivity index (χ1n) is 9.01. The first-order chi connectivity index (χ1) is 12.1. The molecular weight excluding hydrogens is 328 g/mol. The lowest BCUT2D eigenvalue weighted by molar-refractivity contribution is 0.519. The molecule has 1 heterocycles. The van der Waals surface area contributed by atoms with Gasteiger partial charge in [-0.15, -0.1) is 11.6 Å². The maximum absolute atomic E-state index is 5.88. The van der Waals surface area contributed by atoms with Crippen molar-refractivity contribution in [2.24, 2.45) is 0 Å². The second-order valence-electron chi connectivity index (χ2n) is 7.11. The van der Waals surface area contributed by atoms with Crippen LogP contribution in [0, 0.1) is 0 Å². The number of nitrogens with zero attached hydrogens (tertiary/aromatic N) is 1. The molecular formula is C22H27ClN2. The third-order valence-electron chi connectivity index (χ3n) is 5.19. The summed E-state index contributed by atoms with van der Waals surface area (Å²) in [5, 5.41) is 3.64. The van der Waals surface area contributed by atoms with Crippen LogP contribution in [-0.2, 0) is 5.41 Å². The van der Waals surface area contributed by atoms with Gasteiger partial charge in [-0.2, -0.15) is 0 Å². The number of halogens is 1. The van der Waals surface area contributed by atoms with Gasteiger partial charge in [-0.1, -0.05) is 56.3 Å². The van der Waals surface area contributed by atoms with Crippen LogP contribution >= 0.6 is 11.6 Å². The molecule has 0 saturated heterocycles. The molecule has 0 amide bonds. The first-order valence-corrected chi connectivity index (χ1v) is 9.55. The van der Waals surface area contributed by atoms with E-state index in [-0.39, 0.29) is 5.41 Å². The van der Waals surface area contributed by atoms with Gasteiger partial charge in [0.25, 0.3) is 0 Å². The Morgan fingerprint density at radius 3 is 2.48 bits per heavy atom. The molecule has 1 unspecified atom stereocenters. The smallest absolute Gasteiger partial charge is 0.0540 e. The van der Waals surface area contributed by atoms with Gasteiger partial charge in [0.1, 0.15) is 0 Å². The predicted octanol–water partition coefficient (Wildman–Crippen LogP) is 5.54. The highest BCUT2D eigenvalue weighted by Crippen LogP contribution is 2.41. The quantitative estimate of drug-likeness (QED) is 0.685. The standard InChI is InChI=1S/C22H27ClN2/c1-4-25(16-15-23)18-12-9-17(10-13-18)11-14-21-22(2,3)19-7-5-6-8-20(19)24-21/h5-14,21,24H,4,15-16H2,1-3H3. The molecule has 25 heavy (non-hydrogen) atoms. The monoisotopic (exact) mass is 354 g/mol. The Bertz CT molecular complexity index is 734. The maximum atomic E-state index is 5.88. The highest BCUT2D eigenvalue weighted by atomic mass is 35.5. The number of fused-ring (bicyclic) bond motifs is 1. The van der Waals surface area contributed by atoms with Crippen molar-refractivity contribution in [3.63, 3.8) is 0 Å². The van der Waals surface area contributed by atoms with Crippen molar-refractivity contribution in [2.75, 3.05) is 29.2 Å². The number of hydrogen-bond acceptors (Lipinski definition) is 2. The van der Waals surface area contributed by atoms with Crippen molar-refractivity contribution < 1.29 is 0 Å². The van der Waals surface area contributed by atoms with E-state index in [2.05, 4.69) is 91.7 Å². The minimum absolute atomic E-state index is 0.0897. The van der Waals surface area contributed by atoms with Gasteiger partial charge in [0.2, 0.25) is 0 Å². The zero-order valence-corrected chi connectivity index (χ0v) is 16.1. The maximum Gasteiger partial charge on any atom is 0.0540 e. The van der Waals surface area contributed by atoms with Gasteiger partial charge in [-0.05, 0) is 36.2 Å². The molecule has 2 nitrogen and oxygen atoms in total. The van der Waals surface area contributed by atoms with Crippen molar-refractivity contribution in [1.29, 1.82) is 0 Å². The van der Waals surface area contributed by atoms with Crippen LogP contribution in [0.2, 0.25) is 0 Å². The molecule has 0 aliphatic carbocycles. The Balaban J connectivity index is 1.73. The number of anilines is 2. The molecule has 0 radical (unpaired) electrons. The summed E-state index contributed by atoms with van der Waals surface area (Å²) in [5.41, 5.74) is 5.18. The van der Waals surface area contributed by atoms with E-state index in [1.807, 2.05) is 0 Å². The summed E-state index contributed by atoms with van der Waals surface area (Å²) in [6, 6.07) is 17.6. The molecule has 3 heteroatoms. The Kier molecular flexibility index (Phi) is 5.39. The molecule has 2 aromatic rings. The number of rotatable bonds is 6. The zero-order valence-electron chi connectivity index (χ0n) is 15.3. The van der Waals surface area contributed by atoms with E-state index in [1.165, 1.54) is 22.5 Å². The molecule has 2 aromatic carbocycles. The van der Waals surface area contributed by atoms with Crippen LogP contribution in [0.5, 0.6) is 0 Å². The van der Waals surface area contributed by atoms with E-state index in [0.29, 0.717) is 11.9 Å². The summed E-state index contributed by atoms with van der Waals surface area (Å²) in [6.45, 7) is 8.61. The number of hydrogen-bond donors (Lipinski definition) is 1. The summed E-state index contributed by atoms with van der Waals surface area (Å²) in [4.78, 5) is 2.29. The summed E-state index contributed by atoms with van der Waals surface area (Å²) in [7, 11) is 0. The fourth-order valence-corrected chi connectivity index (χ4v) is 3.75. The minimum Gasteiger partial charge on any atom is -0.378 e. The van der Waals surface area contributed by atoms with Crippen LogP contribution in [-0.4, -0.2) is 25.0 Å². The van der Waals surface area contributed by atoms with Gasteiger partial charge >= 0.3 is 0 Å². The van der Waals surface area contributed by atoms with E-state index >= 15 is 0 Å². The van der Waals surface area contributed by atoms with E-state index in [1.54, 1.807) is 0 Å². The molecule has 3 rings (SSSR count). The van der Waals surface area contributed by atoms with Gasteiger partial charge in [-0.3, -0.25) is 0 Å². The average Bonchev–Trinajstić information content (AvgIpc) is 2.89. The van der Waals surface area contributed by atoms with E-state index in [0.717, 1.165) is 13.1 Å². The van der Waals surface area contributed by atoms with Crippen molar-refractivity contribution in [3.8, 4) is 0 Å². The Hall–Kier alpha value is -1.93. The van der Waals surface area contributed by atoms with E-state index in [9.17, 15) is 0 Å². The molecule has 1 aliphatic heterocycles. The van der Waals surface area contributed by atoms with E-state index in [4.69, 9.17) is 11.6 Å². The summed E-state index contributed by atoms with van der Waals surface area (Å²) in [5.74, 6) is 0.651. The van der Waals surface area contributed by atoms with Gasteiger partial charge in [-0.25, -0.2) is 0 Å². The summed E-state index contributed by atoms with van der Waals surface area (Å²) >= 11 is 5.88. The van der Waals surface area contributed by atoms with Crippen LogP contribution in [0.15, 0.2) is 54.6 Å². The van der Waals surface area contributed by atoms with Gasteiger partial charge in [0.15, 0.2) is 0 Å². The number of alkyl halides is 1. The van der Waals surface area contributed by atoms with E-state index < -0.39 is 0 Å². The topological polar surface area (TPSA) is 15.3 Å². The van der Waals surface area contributed by atoms with Gasteiger partial charge in [0, 0.05) is 35.8 Å². The van der Waals surface area contributed by atoms with Crippen LogP contribution in [0.25, 0.3) is 6.08 Å². The average molecular weight is 355 g/mol. The second-order valence-corrected chi connectivity index (χ2v) is 7.49. The highest BCUT2D eigenvalue weighted by Gasteiger charge is 2.37. The van der Waals surface area contributed by atoms with Gasteiger partial charge < -0.3 is 10.2 Å². The minimum atomic E-state index is 0.0897. The third kappa shape index (κ3) is 3.69.